The van der Waals surface area contributed by atoms with Gasteiger partial charge in [0, 0.05) is 10.0 Å². The van der Waals surface area contributed by atoms with Crippen LogP contribution in [-0.2, 0) is 19.7 Å². The zero-order valence-corrected chi connectivity index (χ0v) is 22.7. The number of imide groups is 2. The highest BCUT2D eigenvalue weighted by molar-refractivity contribution is 7.87. The summed E-state index contributed by atoms with van der Waals surface area (Å²) in [6.07, 6.45) is 1.18. The highest BCUT2D eigenvalue weighted by atomic mass is 35.5. The van der Waals surface area contributed by atoms with Gasteiger partial charge in [-0.2, -0.15) is 8.42 Å². The van der Waals surface area contributed by atoms with E-state index in [0.29, 0.717) is 10.0 Å². The number of carbonyl (C=O) groups is 3. The fraction of sp³-hybridized carbons (Fsp3) is 0.0800. The Morgan fingerprint density at radius 2 is 1.61 bits per heavy atom. The standard InChI is InChI=1S/C25H17Cl3N2O7S/c1-13-3-6-16(12-19(13)27)30-24(32)18(23(31)29-25(30)33)9-14-10-20(28)22(21(11-14)36-2)37-38(34,35)17-7-4-15(26)5-8-17/h3-12H,1-2H3,(H,29,31,33)/b18-9+. The number of anilines is 1. The van der Waals surface area contributed by atoms with Crippen LogP contribution in [0.2, 0.25) is 15.1 Å². The molecule has 0 aliphatic carbocycles. The first-order chi connectivity index (χ1) is 17.9. The van der Waals surface area contributed by atoms with Gasteiger partial charge in [0.15, 0.2) is 5.75 Å². The number of amides is 4. The number of hydrogen-bond acceptors (Lipinski definition) is 7. The molecule has 38 heavy (non-hydrogen) atoms. The van der Waals surface area contributed by atoms with E-state index in [1.165, 1.54) is 61.7 Å². The minimum atomic E-state index is -4.31. The normalized spacial score (nSPS) is 15.0. The molecule has 0 bridgehead atoms. The predicted molar refractivity (Wildman–Crippen MR) is 142 cm³/mol. The van der Waals surface area contributed by atoms with Crippen molar-refractivity contribution in [3.63, 3.8) is 0 Å². The summed E-state index contributed by atoms with van der Waals surface area (Å²) in [6, 6.07) is 11.5. The molecular weight excluding hydrogens is 579 g/mol. The number of aryl methyl sites for hydroxylation is 1. The molecular formula is C25H17Cl3N2O7S. The second-order valence-corrected chi connectivity index (χ2v) is 10.7. The molecule has 3 aromatic carbocycles. The zero-order chi connectivity index (χ0) is 27.8. The quantitative estimate of drug-likeness (QED) is 0.230. The van der Waals surface area contributed by atoms with Crippen LogP contribution in [0.5, 0.6) is 11.5 Å². The maximum atomic E-state index is 13.2. The zero-order valence-electron chi connectivity index (χ0n) is 19.6. The Hall–Kier alpha value is -3.57. The number of barbiturate groups is 1. The lowest BCUT2D eigenvalue weighted by Crippen LogP contribution is -2.54. The largest absolute Gasteiger partial charge is 0.493 e. The fourth-order valence-corrected chi connectivity index (χ4v) is 5.00. The molecule has 0 atom stereocenters. The first kappa shape index (κ1) is 27.5. The monoisotopic (exact) mass is 594 g/mol. The highest BCUT2D eigenvalue weighted by Gasteiger charge is 2.37. The van der Waals surface area contributed by atoms with E-state index in [1.807, 2.05) is 0 Å². The number of urea groups is 1. The Labute approximate surface area is 232 Å². The molecule has 1 fully saturated rings. The van der Waals surface area contributed by atoms with Crippen LogP contribution in [0.4, 0.5) is 10.5 Å². The van der Waals surface area contributed by atoms with E-state index in [2.05, 4.69) is 5.32 Å². The molecule has 13 heteroatoms. The Bertz CT molecular complexity index is 1620. The number of halogens is 3. The van der Waals surface area contributed by atoms with E-state index in [9.17, 15) is 22.8 Å². The van der Waals surface area contributed by atoms with Crippen LogP contribution < -0.4 is 19.1 Å². The van der Waals surface area contributed by atoms with Gasteiger partial charge < -0.3 is 8.92 Å². The lowest BCUT2D eigenvalue weighted by atomic mass is 10.1. The number of benzene rings is 3. The SMILES string of the molecule is COc1cc(/C=C2\C(=O)NC(=O)N(c3ccc(C)c(Cl)c3)C2=O)cc(Cl)c1OS(=O)(=O)c1ccc(Cl)cc1. The number of nitrogens with one attached hydrogen (secondary N) is 1. The number of rotatable bonds is 6. The summed E-state index contributed by atoms with van der Waals surface area (Å²) in [5.74, 6) is -2.24. The molecule has 0 aromatic heterocycles. The molecule has 4 amide bonds. The molecule has 4 rings (SSSR count). The van der Waals surface area contributed by atoms with Gasteiger partial charge in [0.05, 0.1) is 17.8 Å². The molecule has 1 heterocycles. The smallest absolute Gasteiger partial charge is 0.339 e. The van der Waals surface area contributed by atoms with Crippen LogP contribution >= 0.6 is 34.8 Å². The van der Waals surface area contributed by atoms with Crippen molar-refractivity contribution in [3.05, 3.63) is 86.4 Å². The van der Waals surface area contributed by atoms with Gasteiger partial charge in [0.1, 0.15) is 10.5 Å². The van der Waals surface area contributed by atoms with Crippen molar-refractivity contribution in [2.45, 2.75) is 11.8 Å². The average Bonchev–Trinajstić information content (AvgIpc) is 2.85. The average molecular weight is 596 g/mol. The third kappa shape index (κ3) is 5.48. The molecule has 0 spiro atoms. The summed E-state index contributed by atoms with van der Waals surface area (Å²) in [7, 11) is -3.05. The van der Waals surface area contributed by atoms with E-state index >= 15 is 0 Å². The summed E-state index contributed by atoms with van der Waals surface area (Å²) >= 11 is 18.3. The number of methoxy groups -OCH3 is 1. The Morgan fingerprint density at radius 1 is 0.921 bits per heavy atom. The lowest BCUT2D eigenvalue weighted by molar-refractivity contribution is -0.122. The number of ether oxygens (including phenoxy) is 1. The molecule has 0 unspecified atom stereocenters. The van der Waals surface area contributed by atoms with Crippen molar-refractivity contribution in [1.29, 1.82) is 0 Å². The van der Waals surface area contributed by atoms with E-state index in [0.717, 1.165) is 10.5 Å². The summed E-state index contributed by atoms with van der Waals surface area (Å²) in [4.78, 5) is 38.8. The van der Waals surface area contributed by atoms with Crippen molar-refractivity contribution >= 4 is 74.5 Å². The number of carbonyl (C=O) groups excluding carboxylic acids is 3. The third-order valence-corrected chi connectivity index (χ3v) is 7.55. The van der Waals surface area contributed by atoms with E-state index in [-0.39, 0.29) is 38.2 Å². The minimum absolute atomic E-state index is 0.0937. The van der Waals surface area contributed by atoms with Crippen molar-refractivity contribution in [2.75, 3.05) is 12.0 Å². The van der Waals surface area contributed by atoms with Crippen LogP contribution in [0, 0.1) is 6.92 Å². The van der Waals surface area contributed by atoms with E-state index in [4.69, 9.17) is 43.7 Å². The molecule has 0 radical (unpaired) electrons. The molecule has 3 aromatic rings. The summed E-state index contributed by atoms with van der Waals surface area (Å²) in [5, 5.41) is 2.59. The van der Waals surface area contributed by atoms with Gasteiger partial charge in [-0.1, -0.05) is 40.9 Å². The Balaban J connectivity index is 1.70. The molecule has 196 valence electrons. The van der Waals surface area contributed by atoms with Crippen molar-refractivity contribution in [2.24, 2.45) is 0 Å². The minimum Gasteiger partial charge on any atom is -0.493 e. The second kappa shape index (κ2) is 10.7. The number of hydrogen-bond donors (Lipinski definition) is 1. The maximum absolute atomic E-state index is 13.2. The van der Waals surface area contributed by atoms with Crippen LogP contribution in [0.3, 0.4) is 0 Å². The van der Waals surface area contributed by atoms with E-state index in [1.54, 1.807) is 13.0 Å². The van der Waals surface area contributed by atoms with Gasteiger partial charge >= 0.3 is 16.1 Å². The first-order valence-electron chi connectivity index (χ1n) is 10.7. The first-order valence-corrected chi connectivity index (χ1v) is 13.2. The Kier molecular flexibility index (Phi) is 7.70. The predicted octanol–water partition coefficient (Wildman–Crippen LogP) is 5.40. The van der Waals surface area contributed by atoms with Crippen molar-refractivity contribution in [3.8, 4) is 11.5 Å². The summed E-state index contributed by atoms with van der Waals surface area (Å²) in [6.45, 7) is 1.75. The van der Waals surface area contributed by atoms with Crippen molar-refractivity contribution < 1.29 is 31.7 Å². The van der Waals surface area contributed by atoms with E-state index < -0.39 is 28.0 Å². The van der Waals surface area contributed by atoms with Gasteiger partial charge in [-0.3, -0.25) is 14.9 Å². The fourth-order valence-electron chi connectivity index (χ4n) is 3.44. The molecule has 0 saturated carbocycles. The van der Waals surface area contributed by atoms with Gasteiger partial charge in [-0.15, -0.1) is 0 Å². The molecule has 1 saturated heterocycles. The van der Waals surface area contributed by atoms with Crippen molar-refractivity contribution in [1.82, 2.24) is 5.32 Å². The number of nitrogens with zero attached hydrogens (tertiary/aromatic N) is 1. The van der Waals surface area contributed by atoms with Gasteiger partial charge in [-0.25, -0.2) is 9.69 Å². The maximum Gasteiger partial charge on any atom is 0.339 e. The molecule has 1 aliphatic heterocycles. The van der Waals surface area contributed by atoms with Crippen LogP contribution in [0.1, 0.15) is 11.1 Å². The second-order valence-electron chi connectivity index (χ2n) is 7.92. The molecule has 9 nitrogen and oxygen atoms in total. The lowest BCUT2D eigenvalue weighted by Gasteiger charge is -2.26. The molecule has 1 N–H and O–H groups in total. The van der Waals surface area contributed by atoms with Crippen LogP contribution in [-0.4, -0.2) is 33.4 Å². The van der Waals surface area contributed by atoms with Gasteiger partial charge in [0.2, 0.25) is 5.75 Å². The van der Waals surface area contributed by atoms with Crippen LogP contribution in [0.25, 0.3) is 6.08 Å². The Morgan fingerprint density at radius 3 is 2.24 bits per heavy atom. The van der Waals surface area contributed by atoms with Gasteiger partial charge in [-0.05, 0) is 72.7 Å². The summed E-state index contributed by atoms with van der Waals surface area (Å²) in [5.41, 5.74) is 0.696. The third-order valence-electron chi connectivity index (χ3n) is 5.37. The molecule has 1 aliphatic rings. The summed E-state index contributed by atoms with van der Waals surface area (Å²) < 4.78 is 35.9. The highest BCUT2D eigenvalue weighted by Crippen LogP contribution is 2.39. The topological polar surface area (TPSA) is 119 Å². The van der Waals surface area contributed by atoms with Crippen LogP contribution in [0.15, 0.2) is 65.1 Å². The van der Waals surface area contributed by atoms with Gasteiger partial charge in [0.25, 0.3) is 11.8 Å².